The van der Waals surface area contributed by atoms with E-state index in [-0.39, 0.29) is 5.91 Å². The van der Waals surface area contributed by atoms with Gasteiger partial charge in [0, 0.05) is 4.88 Å². The zero-order chi connectivity index (χ0) is 11.4. The molecule has 0 saturated heterocycles. The summed E-state index contributed by atoms with van der Waals surface area (Å²) in [7, 11) is 0. The quantitative estimate of drug-likeness (QED) is 0.822. The van der Waals surface area contributed by atoms with Gasteiger partial charge in [0.15, 0.2) is 5.13 Å². The summed E-state index contributed by atoms with van der Waals surface area (Å²) in [6, 6.07) is -0.445. The van der Waals surface area contributed by atoms with Gasteiger partial charge in [-0.3, -0.25) is 4.79 Å². The molecule has 0 saturated carbocycles. The van der Waals surface area contributed by atoms with Crippen molar-refractivity contribution in [2.75, 3.05) is 5.32 Å². The smallest absolute Gasteiger partial charge is 0.243 e. The highest BCUT2D eigenvalue weighted by Crippen LogP contribution is 2.22. The first-order valence-corrected chi connectivity index (χ1v) is 5.92. The second kappa shape index (κ2) is 5.23. The van der Waals surface area contributed by atoms with E-state index in [0.29, 0.717) is 11.6 Å². The molecule has 15 heavy (non-hydrogen) atoms. The van der Waals surface area contributed by atoms with Crippen LogP contribution >= 0.6 is 11.3 Å². The zero-order valence-electron chi connectivity index (χ0n) is 9.33. The molecule has 1 rings (SSSR count). The number of amides is 1. The lowest BCUT2D eigenvalue weighted by Crippen LogP contribution is -2.34. The van der Waals surface area contributed by atoms with Gasteiger partial charge in [-0.25, -0.2) is 4.98 Å². The largest absolute Gasteiger partial charge is 0.320 e. The Hall–Kier alpha value is -0.940. The minimum atomic E-state index is -0.445. The van der Waals surface area contributed by atoms with Crippen LogP contribution in [0.2, 0.25) is 0 Å². The molecular weight excluding hydrogens is 210 g/mol. The highest BCUT2D eigenvalue weighted by molar-refractivity contribution is 7.15. The standard InChI is InChI=1S/C10H17N3OS/c1-4-7(11)9(14)13-10-12-8(5-2)6(3)15-10/h7H,4-5,11H2,1-3H3,(H,12,13,14)/t7-/m0/s1. The summed E-state index contributed by atoms with van der Waals surface area (Å²) in [5, 5.41) is 3.38. The van der Waals surface area contributed by atoms with E-state index < -0.39 is 6.04 Å². The first kappa shape index (κ1) is 12.1. The Balaban J connectivity index is 2.68. The SMILES string of the molecule is CCc1nc(NC(=O)[C@@H](N)CC)sc1C. The second-order valence-electron chi connectivity index (χ2n) is 3.38. The summed E-state index contributed by atoms with van der Waals surface area (Å²) in [6.07, 6.45) is 1.52. The minimum absolute atomic E-state index is 0.158. The maximum atomic E-state index is 11.5. The fourth-order valence-corrected chi connectivity index (χ4v) is 2.10. The third-order valence-corrected chi connectivity index (χ3v) is 3.16. The lowest BCUT2D eigenvalue weighted by molar-refractivity contribution is -0.117. The first-order valence-electron chi connectivity index (χ1n) is 5.11. The van der Waals surface area contributed by atoms with Crippen LogP contribution in [0.5, 0.6) is 0 Å². The van der Waals surface area contributed by atoms with Crippen molar-refractivity contribution < 1.29 is 4.79 Å². The number of nitrogens with one attached hydrogen (secondary N) is 1. The highest BCUT2D eigenvalue weighted by atomic mass is 32.1. The number of carbonyl (C=O) groups excluding carboxylic acids is 1. The molecule has 1 atom stereocenters. The number of hydrogen-bond acceptors (Lipinski definition) is 4. The molecule has 0 aromatic carbocycles. The second-order valence-corrected chi connectivity index (χ2v) is 4.58. The van der Waals surface area contributed by atoms with E-state index in [9.17, 15) is 4.79 Å². The van der Waals surface area contributed by atoms with Crippen LogP contribution in [0, 0.1) is 6.92 Å². The average Bonchev–Trinajstić information content (AvgIpc) is 2.57. The molecule has 0 unspecified atom stereocenters. The summed E-state index contributed by atoms with van der Waals surface area (Å²) in [4.78, 5) is 16.9. The van der Waals surface area contributed by atoms with Crippen LogP contribution in [0.15, 0.2) is 0 Å². The van der Waals surface area contributed by atoms with Crippen LogP contribution in [0.25, 0.3) is 0 Å². The number of aromatic nitrogens is 1. The third kappa shape index (κ3) is 3.00. The molecule has 84 valence electrons. The molecule has 1 heterocycles. The molecule has 4 nitrogen and oxygen atoms in total. The molecule has 1 amide bonds. The summed E-state index contributed by atoms with van der Waals surface area (Å²) < 4.78 is 0. The number of nitrogens with two attached hydrogens (primary N) is 1. The van der Waals surface area contributed by atoms with E-state index in [1.54, 1.807) is 0 Å². The number of thiazole rings is 1. The van der Waals surface area contributed by atoms with Crippen LogP contribution in [0.3, 0.4) is 0 Å². The number of carbonyl (C=O) groups is 1. The van der Waals surface area contributed by atoms with Crippen molar-refractivity contribution >= 4 is 22.4 Å². The van der Waals surface area contributed by atoms with Gasteiger partial charge in [0.05, 0.1) is 11.7 Å². The van der Waals surface area contributed by atoms with Crippen molar-refractivity contribution in [3.05, 3.63) is 10.6 Å². The molecule has 0 aliphatic rings. The Bertz CT molecular complexity index is 348. The molecule has 0 radical (unpaired) electrons. The maximum absolute atomic E-state index is 11.5. The topological polar surface area (TPSA) is 68.0 Å². The van der Waals surface area contributed by atoms with E-state index in [2.05, 4.69) is 10.3 Å². The Labute approximate surface area is 93.9 Å². The molecule has 0 aliphatic heterocycles. The Kier molecular flexibility index (Phi) is 4.23. The molecule has 0 spiro atoms. The van der Waals surface area contributed by atoms with Gasteiger partial charge in [0.2, 0.25) is 5.91 Å². The van der Waals surface area contributed by atoms with Gasteiger partial charge < -0.3 is 11.1 Å². The molecule has 0 aliphatic carbocycles. The van der Waals surface area contributed by atoms with Crippen LogP contribution in [0.1, 0.15) is 30.8 Å². The maximum Gasteiger partial charge on any atom is 0.243 e. The van der Waals surface area contributed by atoms with Crippen LogP contribution < -0.4 is 11.1 Å². The number of aryl methyl sites for hydroxylation is 2. The Morgan fingerprint density at radius 1 is 1.60 bits per heavy atom. The molecular formula is C10H17N3OS. The number of hydrogen-bond donors (Lipinski definition) is 2. The van der Waals surface area contributed by atoms with Gasteiger partial charge in [-0.2, -0.15) is 0 Å². The molecule has 0 bridgehead atoms. The number of nitrogens with zero attached hydrogens (tertiary/aromatic N) is 1. The fourth-order valence-electron chi connectivity index (χ4n) is 1.19. The zero-order valence-corrected chi connectivity index (χ0v) is 10.1. The Morgan fingerprint density at radius 2 is 2.27 bits per heavy atom. The van der Waals surface area contributed by atoms with Crippen molar-refractivity contribution in [3.63, 3.8) is 0 Å². The molecule has 3 N–H and O–H groups in total. The van der Waals surface area contributed by atoms with E-state index in [1.807, 2.05) is 20.8 Å². The van der Waals surface area contributed by atoms with E-state index >= 15 is 0 Å². The lowest BCUT2D eigenvalue weighted by atomic mass is 10.2. The van der Waals surface area contributed by atoms with Gasteiger partial charge >= 0.3 is 0 Å². The fraction of sp³-hybridized carbons (Fsp3) is 0.600. The number of rotatable bonds is 4. The number of anilines is 1. The molecule has 0 fully saturated rings. The minimum Gasteiger partial charge on any atom is -0.320 e. The molecule has 1 aromatic rings. The van der Waals surface area contributed by atoms with Gasteiger partial charge in [-0.15, -0.1) is 11.3 Å². The van der Waals surface area contributed by atoms with Crippen molar-refractivity contribution in [2.45, 2.75) is 39.7 Å². The van der Waals surface area contributed by atoms with Gasteiger partial charge in [-0.1, -0.05) is 13.8 Å². The third-order valence-electron chi connectivity index (χ3n) is 2.23. The van der Waals surface area contributed by atoms with Crippen LogP contribution in [0.4, 0.5) is 5.13 Å². The lowest BCUT2D eigenvalue weighted by Gasteiger charge is -2.06. The van der Waals surface area contributed by atoms with Gasteiger partial charge in [0.1, 0.15) is 0 Å². The van der Waals surface area contributed by atoms with E-state index in [1.165, 1.54) is 11.3 Å². The average molecular weight is 227 g/mol. The van der Waals surface area contributed by atoms with Crippen molar-refractivity contribution in [1.82, 2.24) is 4.98 Å². The monoisotopic (exact) mass is 227 g/mol. The van der Waals surface area contributed by atoms with Crippen LogP contribution in [-0.4, -0.2) is 16.9 Å². The normalized spacial score (nSPS) is 12.5. The molecule has 1 aromatic heterocycles. The summed E-state index contributed by atoms with van der Waals surface area (Å²) in [5.74, 6) is -0.158. The summed E-state index contributed by atoms with van der Waals surface area (Å²) in [6.45, 7) is 5.94. The Morgan fingerprint density at radius 3 is 2.73 bits per heavy atom. The highest BCUT2D eigenvalue weighted by Gasteiger charge is 2.13. The van der Waals surface area contributed by atoms with Crippen molar-refractivity contribution in [1.29, 1.82) is 0 Å². The van der Waals surface area contributed by atoms with Crippen molar-refractivity contribution in [3.8, 4) is 0 Å². The summed E-state index contributed by atoms with van der Waals surface area (Å²) >= 11 is 1.50. The van der Waals surface area contributed by atoms with Gasteiger partial charge in [0.25, 0.3) is 0 Å². The summed E-state index contributed by atoms with van der Waals surface area (Å²) in [5.41, 5.74) is 6.65. The van der Waals surface area contributed by atoms with E-state index in [4.69, 9.17) is 5.73 Å². The van der Waals surface area contributed by atoms with Crippen LogP contribution in [-0.2, 0) is 11.2 Å². The van der Waals surface area contributed by atoms with Crippen molar-refractivity contribution in [2.24, 2.45) is 5.73 Å². The van der Waals surface area contributed by atoms with E-state index in [0.717, 1.165) is 17.0 Å². The molecule has 5 heteroatoms. The predicted molar refractivity (Wildman–Crippen MR) is 63.1 cm³/mol. The first-order chi connectivity index (χ1) is 7.08. The predicted octanol–water partition coefficient (Wildman–Crippen LogP) is 1.69. The van der Waals surface area contributed by atoms with Gasteiger partial charge in [-0.05, 0) is 19.8 Å².